The molecule has 1 N–H and O–H groups in total. The highest BCUT2D eigenvalue weighted by Gasteiger charge is 2.25. The van der Waals surface area contributed by atoms with E-state index in [2.05, 4.69) is 27.7 Å². The molecule has 0 radical (unpaired) electrons. The van der Waals surface area contributed by atoms with Crippen molar-refractivity contribution in [3.05, 3.63) is 29.8 Å². The first kappa shape index (κ1) is 16.5. The molecule has 1 aromatic rings. The largest absolute Gasteiger partial charge is 0.508 e. The normalized spacial score (nSPS) is 14.7. The summed E-state index contributed by atoms with van der Waals surface area (Å²) in [6.07, 6.45) is 0.558. The predicted octanol–water partition coefficient (Wildman–Crippen LogP) is 3.98. The van der Waals surface area contributed by atoms with E-state index in [1.165, 1.54) is 0 Å². The van der Waals surface area contributed by atoms with Crippen molar-refractivity contribution in [1.29, 1.82) is 0 Å². The number of phenolic OH excluding ortho intramolecular Hbond substituents is 1. The molecule has 0 saturated heterocycles. The van der Waals surface area contributed by atoms with Gasteiger partial charge in [0.1, 0.15) is 5.75 Å². The van der Waals surface area contributed by atoms with Crippen LogP contribution in [-0.2, 0) is 4.79 Å². The van der Waals surface area contributed by atoms with E-state index in [1.807, 2.05) is 26.1 Å². The number of benzene rings is 1. The second kappa shape index (κ2) is 6.29. The highest BCUT2D eigenvalue weighted by Crippen LogP contribution is 2.30. The Hall–Kier alpha value is -1.51. The first-order valence-corrected chi connectivity index (χ1v) is 7.17. The van der Waals surface area contributed by atoms with Gasteiger partial charge < -0.3 is 10.0 Å². The van der Waals surface area contributed by atoms with Crippen LogP contribution in [0.5, 0.6) is 5.75 Å². The van der Waals surface area contributed by atoms with Gasteiger partial charge in [-0.15, -0.1) is 0 Å². The molecule has 0 heterocycles. The van der Waals surface area contributed by atoms with Gasteiger partial charge in [-0.2, -0.15) is 0 Å². The van der Waals surface area contributed by atoms with Gasteiger partial charge in [-0.3, -0.25) is 4.79 Å². The standard InChI is InChI=1S/C17H27NO2/c1-12(17(3,4)5)11-16(20)18(6)13(2)14-7-9-15(19)10-8-14/h7-10,12-13,19H,11H2,1-6H3. The first-order chi connectivity index (χ1) is 9.12. The number of hydrogen-bond acceptors (Lipinski definition) is 2. The number of nitrogens with zero attached hydrogens (tertiary/aromatic N) is 1. The maximum absolute atomic E-state index is 12.4. The summed E-state index contributed by atoms with van der Waals surface area (Å²) in [5.41, 5.74) is 1.17. The quantitative estimate of drug-likeness (QED) is 0.904. The molecule has 1 aromatic carbocycles. The molecule has 3 nitrogen and oxygen atoms in total. The maximum atomic E-state index is 12.4. The lowest BCUT2D eigenvalue weighted by Crippen LogP contribution is -2.33. The van der Waals surface area contributed by atoms with Gasteiger partial charge in [-0.25, -0.2) is 0 Å². The van der Waals surface area contributed by atoms with E-state index in [1.54, 1.807) is 17.0 Å². The van der Waals surface area contributed by atoms with Gasteiger partial charge in [0.05, 0.1) is 6.04 Å². The van der Waals surface area contributed by atoms with Crippen molar-refractivity contribution in [3.63, 3.8) is 0 Å². The van der Waals surface area contributed by atoms with Crippen LogP contribution >= 0.6 is 0 Å². The van der Waals surface area contributed by atoms with Gasteiger partial charge in [0.15, 0.2) is 0 Å². The highest BCUT2D eigenvalue weighted by molar-refractivity contribution is 5.76. The monoisotopic (exact) mass is 277 g/mol. The van der Waals surface area contributed by atoms with Crippen LogP contribution in [0.25, 0.3) is 0 Å². The number of hydrogen-bond donors (Lipinski definition) is 1. The average molecular weight is 277 g/mol. The van der Waals surface area contributed by atoms with Crippen molar-refractivity contribution >= 4 is 5.91 Å². The van der Waals surface area contributed by atoms with E-state index in [4.69, 9.17) is 0 Å². The summed E-state index contributed by atoms with van der Waals surface area (Å²) in [4.78, 5) is 14.1. The Kier molecular flexibility index (Phi) is 5.21. The van der Waals surface area contributed by atoms with Crippen molar-refractivity contribution in [3.8, 4) is 5.75 Å². The molecule has 0 aliphatic rings. The van der Waals surface area contributed by atoms with E-state index in [0.717, 1.165) is 5.56 Å². The molecule has 0 spiro atoms. The van der Waals surface area contributed by atoms with Crippen LogP contribution in [0.1, 0.15) is 52.6 Å². The Bertz CT molecular complexity index is 445. The van der Waals surface area contributed by atoms with E-state index in [-0.39, 0.29) is 23.1 Å². The molecule has 2 unspecified atom stereocenters. The summed E-state index contributed by atoms with van der Waals surface area (Å²) in [6, 6.07) is 7.04. The van der Waals surface area contributed by atoms with Gasteiger partial charge in [-0.1, -0.05) is 39.8 Å². The molecule has 1 rings (SSSR count). The van der Waals surface area contributed by atoms with Crippen LogP contribution < -0.4 is 0 Å². The Balaban J connectivity index is 2.71. The predicted molar refractivity (Wildman–Crippen MR) is 82.5 cm³/mol. The van der Waals surface area contributed by atoms with Crippen molar-refractivity contribution in [2.45, 2.75) is 47.1 Å². The number of carbonyl (C=O) groups is 1. The van der Waals surface area contributed by atoms with Gasteiger partial charge in [0, 0.05) is 13.5 Å². The van der Waals surface area contributed by atoms with Crippen molar-refractivity contribution in [2.75, 3.05) is 7.05 Å². The average Bonchev–Trinajstić information content (AvgIpc) is 2.36. The molecule has 112 valence electrons. The molecule has 20 heavy (non-hydrogen) atoms. The molecule has 2 atom stereocenters. The SMILES string of the molecule is CC(c1ccc(O)cc1)N(C)C(=O)CC(C)C(C)(C)C. The Morgan fingerprint density at radius 3 is 2.15 bits per heavy atom. The van der Waals surface area contributed by atoms with Crippen molar-refractivity contribution in [2.24, 2.45) is 11.3 Å². The lowest BCUT2D eigenvalue weighted by atomic mass is 9.80. The molecule has 0 saturated carbocycles. The zero-order valence-corrected chi connectivity index (χ0v) is 13.5. The third-order valence-corrected chi connectivity index (χ3v) is 4.31. The molecule has 0 fully saturated rings. The minimum absolute atomic E-state index is 0.00951. The summed E-state index contributed by atoms with van der Waals surface area (Å²) < 4.78 is 0. The maximum Gasteiger partial charge on any atom is 0.223 e. The second-order valence-corrected chi connectivity index (χ2v) is 6.74. The molecule has 1 amide bonds. The van der Waals surface area contributed by atoms with E-state index in [0.29, 0.717) is 12.3 Å². The van der Waals surface area contributed by atoms with E-state index in [9.17, 15) is 9.90 Å². The number of carbonyl (C=O) groups excluding carboxylic acids is 1. The fourth-order valence-electron chi connectivity index (χ4n) is 1.90. The summed E-state index contributed by atoms with van der Waals surface area (Å²) >= 11 is 0. The second-order valence-electron chi connectivity index (χ2n) is 6.74. The zero-order chi connectivity index (χ0) is 15.5. The number of rotatable bonds is 4. The fourth-order valence-corrected chi connectivity index (χ4v) is 1.90. The van der Waals surface area contributed by atoms with Crippen LogP contribution in [0.3, 0.4) is 0 Å². The molecule has 3 heteroatoms. The van der Waals surface area contributed by atoms with Crippen LogP contribution in [0.15, 0.2) is 24.3 Å². The van der Waals surface area contributed by atoms with Gasteiger partial charge in [-0.05, 0) is 36.0 Å². The molecule has 0 aliphatic heterocycles. The van der Waals surface area contributed by atoms with E-state index >= 15 is 0 Å². The Morgan fingerprint density at radius 2 is 1.70 bits per heavy atom. The van der Waals surface area contributed by atoms with Gasteiger partial charge in [0.2, 0.25) is 5.91 Å². The summed E-state index contributed by atoms with van der Waals surface area (Å²) in [6.45, 7) is 10.6. The van der Waals surface area contributed by atoms with Gasteiger partial charge >= 0.3 is 0 Å². The van der Waals surface area contributed by atoms with Crippen LogP contribution in [0.2, 0.25) is 0 Å². The molecular formula is C17H27NO2. The summed E-state index contributed by atoms with van der Waals surface area (Å²) in [5.74, 6) is 0.744. The summed E-state index contributed by atoms with van der Waals surface area (Å²) in [7, 11) is 1.84. The van der Waals surface area contributed by atoms with Crippen LogP contribution in [0, 0.1) is 11.3 Å². The van der Waals surface area contributed by atoms with E-state index < -0.39 is 0 Å². The third-order valence-electron chi connectivity index (χ3n) is 4.31. The zero-order valence-electron chi connectivity index (χ0n) is 13.5. The smallest absolute Gasteiger partial charge is 0.223 e. The van der Waals surface area contributed by atoms with Crippen LogP contribution in [0.4, 0.5) is 0 Å². The lowest BCUT2D eigenvalue weighted by Gasteiger charge is -2.31. The fraction of sp³-hybridized carbons (Fsp3) is 0.588. The number of amides is 1. The molecule has 0 aliphatic carbocycles. The number of phenols is 1. The lowest BCUT2D eigenvalue weighted by molar-refractivity contribution is -0.133. The molecular weight excluding hydrogens is 250 g/mol. The first-order valence-electron chi connectivity index (χ1n) is 7.17. The van der Waals surface area contributed by atoms with Gasteiger partial charge in [0.25, 0.3) is 0 Å². The highest BCUT2D eigenvalue weighted by atomic mass is 16.3. The minimum atomic E-state index is 0.00951. The topological polar surface area (TPSA) is 40.5 Å². The Labute approximate surface area is 122 Å². The minimum Gasteiger partial charge on any atom is -0.508 e. The Morgan fingerprint density at radius 1 is 1.20 bits per heavy atom. The number of aromatic hydroxyl groups is 1. The third kappa shape index (κ3) is 4.26. The molecule has 0 aromatic heterocycles. The summed E-state index contributed by atoms with van der Waals surface area (Å²) in [5, 5.41) is 9.31. The van der Waals surface area contributed by atoms with Crippen molar-refractivity contribution in [1.82, 2.24) is 4.90 Å². The molecule has 0 bridgehead atoms. The van der Waals surface area contributed by atoms with Crippen molar-refractivity contribution < 1.29 is 9.90 Å². The van der Waals surface area contributed by atoms with Crippen LogP contribution in [-0.4, -0.2) is 23.0 Å².